The minimum Gasteiger partial charge on any atom is -0.466 e. The lowest BCUT2D eigenvalue weighted by Gasteiger charge is -2.21. The molecular formula is C19H19F4N3O3. The molecule has 6 nitrogen and oxygen atoms in total. The normalized spacial score (nSPS) is 16.2. The number of nitrogens with zero attached hydrogens (tertiary/aromatic N) is 2. The number of aromatic nitrogens is 2. The van der Waals surface area contributed by atoms with Gasteiger partial charge >= 0.3 is 6.18 Å². The van der Waals surface area contributed by atoms with Crippen molar-refractivity contribution >= 4 is 5.91 Å². The molecule has 2 N–H and O–H groups in total. The van der Waals surface area contributed by atoms with E-state index in [2.05, 4.69) is 15.3 Å². The van der Waals surface area contributed by atoms with Crippen molar-refractivity contribution in [3.8, 4) is 17.1 Å². The fourth-order valence-corrected chi connectivity index (χ4v) is 2.85. The van der Waals surface area contributed by atoms with Gasteiger partial charge in [-0.3, -0.25) is 4.79 Å². The van der Waals surface area contributed by atoms with Gasteiger partial charge in [-0.2, -0.15) is 13.2 Å². The van der Waals surface area contributed by atoms with E-state index in [1.807, 2.05) is 0 Å². The topological polar surface area (TPSA) is 84.3 Å². The van der Waals surface area contributed by atoms with Gasteiger partial charge in [-0.05, 0) is 49.9 Å². The number of amides is 1. The van der Waals surface area contributed by atoms with Gasteiger partial charge in [0.15, 0.2) is 6.61 Å². The van der Waals surface area contributed by atoms with Crippen molar-refractivity contribution in [1.82, 2.24) is 15.3 Å². The van der Waals surface area contributed by atoms with Crippen LogP contribution in [0.2, 0.25) is 0 Å². The highest BCUT2D eigenvalue weighted by Gasteiger charge is 2.36. The lowest BCUT2D eigenvalue weighted by atomic mass is 10.1. The SMILES string of the molecule is CC(O)[C@@H](NC(=O)c1cnc(OCC(F)(F)F)c(-c2ccc(F)cc2)n1)C1CC1. The molecule has 156 valence electrons. The number of benzene rings is 1. The van der Waals surface area contributed by atoms with E-state index in [4.69, 9.17) is 4.74 Å². The maximum atomic E-state index is 13.2. The Morgan fingerprint density at radius 2 is 1.97 bits per heavy atom. The molecule has 3 rings (SSSR count). The van der Waals surface area contributed by atoms with Gasteiger partial charge in [0.25, 0.3) is 5.91 Å². The van der Waals surface area contributed by atoms with Crippen LogP contribution in [0.4, 0.5) is 17.6 Å². The third kappa shape index (κ3) is 5.63. The number of hydrogen-bond donors (Lipinski definition) is 2. The van der Waals surface area contributed by atoms with Crippen molar-refractivity contribution in [2.24, 2.45) is 5.92 Å². The Morgan fingerprint density at radius 3 is 2.52 bits per heavy atom. The molecule has 1 saturated carbocycles. The highest BCUT2D eigenvalue weighted by Crippen LogP contribution is 2.34. The molecule has 2 aromatic rings. The van der Waals surface area contributed by atoms with Crippen molar-refractivity contribution in [3.63, 3.8) is 0 Å². The Bertz CT molecular complexity index is 866. The van der Waals surface area contributed by atoms with Crippen LogP contribution in [0.5, 0.6) is 5.88 Å². The first-order valence-corrected chi connectivity index (χ1v) is 8.95. The van der Waals surface area contributed by atoms with Crippen molar-refractivity contribution in [2.45, 2.75) is 38.1 Å². The Labute approximate surface area is 163 Å². The number of halogens is 4. The first-order valence-electron chi connectivity index (χ1n) is 8.95. The molecule has 0 bridgehead atoms. The summed E-state index contributed by atoms with van der Waals surface area (Å²) in [7, 11) is 0. The molecule has 1 aliphatic rings. The maximum absolute atomic E-state index is 13.2. The van der Waals surface area contributed by atoms with Crippen molar-refractivity contribution < 1.29 is 32.2 Å². The molecular weight excluding hydrogens is 394 g/mol. The van der Waals surface area contributed by atoms with E-state index >= 15 is 0 Å². The molecule has 0 radical (unpaired) electrons. The average molecular weight is 413 g/mol. The molecule has 2 atom stereocenters. The molecule has 1 fully saturated rings. The van der Waals surface area contributed by atoms with Gasteiger partial charge in [-0.25, -0.2) is 14.4 Å². The molecule has 1 heterocycles. The first-order chi connectivity index (χ1) is 13.6. The first kappa shape index (κ1) is 21.0. The summed E-state index contributed by atoms with van der Waals surface area (Å²) in [4.78, 5) is 20.5. The fraction of sp³-hybridized carbons (Fsp3) is 0.421. The zero-order chi connectivity index (χ0) is 21.2. The van der Waals surface area contributed by atoms with E-state index in [1.165, 1.54) is 12.1 Å². The van der Waals surface area contributed by atoms with Crippen molar-refractivity contribution in [2.75, 3.05) is 6.61 Å². The molecule has 1 unspecified atom stereocenters. The Balaban J connectivity index is 1.89. The number of nitrogens with one attached hydrogen (secondary N) is 1. The number of aliphatic hydroxyl groups excluding tert-OH is 1. The van der Waals surface area contributed by atoms with Crippen LogP contribution in [0, 0.1) is 11.7 Å². The van der Waals surface area contributed by atoms with Crippen LogP contribution in [0.1, 0.15) is 30.3 Å². The fourth-order valence-electron chi connectivity index (χ4n) is 2.85. The summed E-state index contributed by atoms with van der Waals surface area (Å²) in [5.74, 6) is -1.43. The second-order valence-electron chi connectivity index (χ2n) is 6.90. The van der Waals surface area contributed by atoms with E-state index in [1.54, 1.807) is 6.92 Å². The van der Waals surface area contributed by atoms with Gasteiger partial charge in [0.1, 0.15) is 17.2 Å². The molecule has 29 heavy (non-hydrogen) atoms. The van der Waals surface area contributed by atoms with Gasteiger partial charge < -0.3 is 15.2 Å². The number of ether oxygens (including phenoxy) is 1. The molecule has 1 aliphatic carbocycles. The molecule has 0 aliphatic heterocycles. The second kappa shape index (κ2) is 8.32. The molecule has 1 aromatic carbocycles. The predicted octanol–water partition coefficient (Wildman–Crippen LogP) is 3.11. The standard InChI is InChI=1S/C19H19F4N3O3/c1-10(27)15(11-2-3-11)26-17(28)14-8-24-18(29-9-19(21,22)23)16(25-14)12-4-6-13(20)7-5-12/h4-8,10-11,15,27H,2-3,9H2,1H3,(H,26,28)/t10?,15-/m1/s1. The van der Waals surface area contributed by atoms with E-state index in [0.29, 0.717) is 0 Å². The monoisotopic (exact) mass is 413 g/mol. The van der Waals surface area contributed by atoms with Crippen LogP contribution in [0.3, 0.4) is 0 Å². The van der Waals surface area contributed by atoms with Crippen LogP contribution in [0.25, 0.3) is 11.3 Å². The number of aliphatic hydroxyl groups is 1. The molecule has 0 spiro atoms. The molecule has 1 aromatic heterocycles. The van der Waals surface area contributed by atoms with E-state index in [0.717, 1.165) is 31.2 Å². The predicted molar refractivity (Wildman–Crippen MR) is 94.6 cm³/mol. The third-order valence-electron chi connectivity index (χ3n) is 4.41. The van der Waals surface area contributed by atoms with E-state index in [9.17, 15) is 27.5 Å². The Morgan fingerprint density at radius 1 is 1.31 bits per heavy atom. The quantitative estimate of drug-likeness (QED) is 0.682. The van der Waals surface area contributed by atoms with Crippen LogP contribution in [0.15, 0.2) is 30.5 Å². The minimum atomic E-state index is -4.59. The summed E-state index contributed by atoms with van der Waals surface area (Å²) in [6.07, 6.45) is -2.60. The van der Waals surface area contributed by atoms with Crippen LogP contribution < -0.4 is 10.1 Å². The van der Waals surface area contributed by atoms with E-state index < -0.39 is 42.5 Å². The smallest absolute Gasteiger partial charge is 0.422 e. The zero-order valence-corrected chi connectivity index (χ0v) is 15.4. The van der Waals surface area contributed by atoms with Crippen LogP contribution >= 0.6 is 0 Å². The number of rotatable bonds is 7. The number of carbonyl (C=O) groups excluding carboxylic acids is 1. The molecule has 1 amide bonds. The Kier molecular flexibility index (Phi) is 6.02. The summed E-state index contributed by atoms with van der Waals surface area (Å²) < 4.78 is 55.5. The van der Waals surface area contributed by atoms with Crippen molar-refractivity contribution in [3.05, 3.63) is 42.0 Å². The third-order valence-corrected chi connectivity index (χ3v) is 4.41. The van der Waals surface area contributed by atoms with Gasteiger partial charge in [-0.1, -0.05) is 0 Å². The molecule has 10 heteroatoms. The highest BCUT2D eigenvalue weighted by molar-refractivity contribution is 5.93. The molecule has 0 saturated heterocycles. The minimum absolute atomic E-state index is 0.123. The number of alkyl halides is 3. The maximum Gasteiger partial charge on any atom is 0.422 e. The zero-order valence-electron chi connectivity index (χ0n) is 15.4. The van der Waals surface area contributed by atoms with Gasteiger partial charge in [0, 0.05) is 5.56 Å². The largest absolute Gasteiger partial charge is 0.466 e. The Hall–Kier alpha value is -2.75. The van der Waals surface area contributed by atoms with Gasteiger partial charge in [0.2, 0.25) is 5.88 Å². The van der Waals surface area contributed by atoms with Crippen molar-refractivity contribution in [1.29, 1.82) is 0 Å². The number of hydrogen-bond acceptors (Lipinski definition) is 5. The summed E-state index contributed by atoms with van der Waals surface area (Å²) in [5.41, 5.74) is -0.0445. The van der Waals surface area contributed by atoms with Crippen LogP contribution in [-0.2, 0) is 0 Å². The summed E-state index contributed by atoms with van der Waals surface area (Å²) in [6.45, 7) is -0.0276. The lowest BCUT2D eigenvalue weighted by Crippen LogP contribution is -2.44. The van der Waals surface area contributed by atoms with Crippen LogP contribution in [-0.4, -0.2) is 45.9 Å². The van der Waals surface area contributed by atoms with Gasteiger partial charge in [-0.15, -0.1) is 0 Å². The highest BCUT2D eigenvalue weighted by atomic mass is 19.4. The number of carbonyl (C=O) groups is 1. The average Bonchev–Trinajstić information content (AvgIpc) is 3.49. The van der Waals surface area contributed by atoms with Gasteiger partial charge in [0.05, 0.1) is 18.3 Å². The second-order valence-corrected chi connectivity index (χ2v) is 6.90. The lowest BCUT2D eigenvalue weighted by molar-refractivity contribution is -0.154. The van der Waals surface area contributed by atoms with E-state index in [-0.39, 0.29) is 22.9 Å². The summed E-state index contributed by atoms with van der Waals surface area (Å²) in [6, 6.07) is 4.34. The summed E-state index contributed by atoms with van der Waals surface area (Å²) >= 11 is 0. The summed E-state index contributed by atoms with van der Waals surface area (Å²) in [5, 5.41) is 12.5.